The van der Waals surface area contributed by atoms with Crippen LogP contribution in [0.1, 0.15) is 6.42 Å². The van der Waals surface area contributed by atoms with Gasteiger partial charge in [-0.1, -0.05) is 11.8 Å². The molecule has 1 aromatic carbocycles. The molecule has 1 rings (SSSR count). The molecule has 0 atom stereocenters. The molecule has 0 bridgehead atoms. The molecule has 0 saturated heterocycles. The van der Waals surface area contributed by atoms with E-state index in [0.29, 0.717) is 17.2 Å². The van der Waals surface area contributed by atoms with Crippen LogP contribution in [0, 0.1) is 0 Å². The zero-order chi connectivity index (χ0) is 16.6. The molecule has 0 heterocycles. The third-order valence-corrected chi connectivity index (χ3v) is 3.30. The Kier molecular flexibility index (Phi) is 9.66. The Morgan fingerprint density at radius 1 is 1.17 bits per heavy atom. The lowest BCUT2D eigenvalue weighted by Crippen LogP contribution is -2.29. The SMILES string of the molecule is COc1cc(NC(=O)NCCCSC(F)(F)F)cc(OC)c1.Cl. The van der Waals surface area contributed by atoms with Gasteiger partial charge < -0.3 is 20.1 Å². The number of benzene rings is 1. The van der Waals surface area contributed by atoms with Crippen molar-refractivity contribution in [3.63, 3.8) is 0 Å². The summed E-state index contributed by atoms with van der Waals surface area (Å²) < 4.78 is 45.9. The topological polar surface area (TPSA) is 59.6 Å². The van der Waals surface area contributed by atoms with Gasteiger partial charge in [0.1, 0.15) is 11.5 Å². The predicted octanol–water partition coefficient (Wildman–Crippen LogP) is 3.89. The van der Waals surface area contributed by atoms with Gasteiger partial charge >= 0.3 is 11.5 Å². The molecule has 23 heavy (non-hydrogen) atoms. The van der Waals surface area contributed by atoms with Crippen molar-refractivity contribution in [1.82, 2.24) is 5.32 Å². The highest BCUT2D eigenvalue weighted by molar-refractivity contribution is 8.00. The van der Waals surface area contributed by atoms with Crippen LogP contribution in [0.25, 0.3) is 0 Å². The van der Waals surface area contributed by atoms with Crippen LogP contribution in [0.5, 0.6) is 11.5 Å². The molecule has 0 aromatic heterocycles. The molecule has 0 fully saturated rings. The van der Waals surface area contributed by atoms with Crippen molar-refractivity contribution in [2.75, 3.05) is 31.8 Å². The summed E-state index contributed by atoms with van der Waals surface area (Å²) in [4.78, 5) is 11.6. The van der Waals surface area contributed by atoms with Gasteiger partial charge in [-0.25, -0.2) is 4.79 Å². The number of carbonyl (C=O) groups is 1. The maximum Gasteiger partial charge on any atom is 0.441 e. The number of amides is 2. The second-order valence-electron chi connectivity index (χ2n) is 4.13. The van der Waals surface area contributed by atoms with E-state index in [1.54, 1.807) is 18.2 Å². The number of hydrogen-bond acceptors (Lipinski definition) is 4. The van der Waals surface area contributed by atoms with Gasteiger partial charge in [-0.3, -0.25) is 0 Å². The van der Waals surface area contributed by atoms with Crippen LogP contribution >= 0.6 is 24.2 Å². The zero-order valence-electron chi connectivity index (χ0n) is 12.5. The van der Waals surface area contributed by atoms with E-state index < -0.39 is 11.5 Å². The minimum atomic E-state index is -4.24. The van der Waals surface area contributed by atoms with E-state index in [2.05, 4.69) is 10.6 Å². The van der Waals surface area contributed by atoms with Crippen LogP contribution in [0.15, 0.2) is 18.2 Å². The van der Waals surface area contributed by atoms with Crippen molar-refractivity contribution in [2.45, 2.75) is 11.9 Å². The Morgan fingerprint density at radius 3 is 2.22 bits per heavy atom. The van der Waals surface area contributed by atoms with E-state index >= 15 is 0 Å². The second-order valence-corrected chi connectivity index (χ2v) is 5.29. The second kappa shape index (κ2) is 10.3. The molecule has 10 heteroatoms. The number of rotatable bonds is 7. The highest BCUT2D eigenvalue weighted by atomic mass is 35.5. The number of nitrogens with one attached hydrogen (secondary N) is 2. The number of anilines is 1. The first-order valence-electron chi connectivity index (χ1n) is 6.32. The lowest BCUT2D eigenvalue weighted by molar-refractivity contribution is -0.0327. The Morgan fingerprint density at radius 2 is 1.74 bits per heavy atom. The van der Waals surface area contributed by atoms with Crippen LogP contribution in [-0.2, 0) is 0 Å². The fraction of sp³-hybridized carbons (Fsp3) is 0.462. The van der Waals surface area contributed by atoms with Crippen molar-refractivity contribution >= 4 is 35.9 Å². The summed E-state index contributed by atoms with van der Waals surface area (Å²) in [5.41, 5.74) is -3.78. The van der Waals surface area contributed by atoms with Crippen molar-refractivity contribution in [3.8, 4) is 11.5 Å². The Balaban J connectivity index is 0.00000484. The van der Waals surface area contributed by atoms with Crippen LogP contribution in [0.2, 0.25) is 0 Å². The maximum atomic E-state index is 11.9. The van der Waals surface area contributed by atoms with Gasteiger partial charge in [0.2, 0.25) is 0 Å². The summed E-state index contributed by atoms with van der Waals surface area (Å²) in [6.07, 6.45) is 0.221. The number of alkyl halides is 3. The molecule has 0 aliphatic rings. The molecule has 132 valence electrons. The van der Waals surface area contributed by atoms with E-state index in [0.717, 1.165) is 0 Å². The fourth-order valence-electron chi connectivity index (χ4n) is 1.52. The summed E-state index contributed by atoms with van der Waals surface area (Å²) in [5, 5.41) is 5.04. The minimum absolute atomic E-state index is 0. The Bertz CT molecular complexity index is 482. The number of methoxy groups -OCH3 is 2. The Labute approximate surface area is 142 Å². The molecule has 2 N–H and O–H groups in total. The van der Waals surface area contributed by atoms with Gasteiger partial charge in [-0.15, -0.1) is 12.4 Å². The highest BCUT2D eigenvalue weighted by Gasteiger charge is 2.27. The number of thioether (sulfide) groups is 1. The van der Waals surface area contributed by atoms with Gasteiger partial charge in [-0.2, -0.15) is 13.2 Å². The van der Waals surface area contributed by atoms with Gasteiger partial charge in [-0.05, 0) is 6.42 Å². The largest absolute Gasteiger partial charge is 0.497 e. The number of carbonyl (C=O) groups excluding carboxylic acids is 1. The average Bonchev–Trinajstić information content (AvgIpc) is 2.45. The molecule has 0 spiro atoms. The van der Waals surface area contributed by atoms with Gasteiger partial charge in [0.05, 0.1) is 14.2 Å². The van der Waals surface area contributed by atoms with E-state index in [9.17, 15) is 18.0 Å². The molecule has 0 saturated carbocycles. The third kappa shape index (κ3) is 9.29. The molecule has 0 aliphatic heterocycles. The summed E-state index contributed by atoms with van der Waals surface area (Å²) in [7, 11) is 2.97. The fourth-order valence-corrected chi connectivity index (χ4v) is 2.04. The molecule has 0 radical (unpaired) electrons. The lowest BCUT2D eigenvalue weighted by Gasteiger charge is -2.11. The van der Waals surface area contributed by atoms with E-state index in [1.807, 2.05) is 0 Å². The van der Waals surface area contributed by atoms with Crippen molar-refractivity contribution in [2.24, 2.45) is 0 Å². The molecule has 0 aliphatic carbocycles. The minimum Gasteiger partial charge on any atom is -0.497 e. The maximum absolute atomic E-state index is 11.9. The summed E-state index contributed by atoms with van der Waals surface area (Å²) in [6, 6.07) is 4.34. The smallest absolute Gasteiger partial charge is 0.441 e. The zero-order valence-corrected chi connectivity index (χ0v) is 14.2. The van der Waals surface area contributed by atoms with Gasteiger partial charge in [0.15, 0.2) is 0 Å². The first-order chi connectivity index (χ1) is 10.3. The van der Waals surface area contributed by atoms with Crippen LogP contribution < -0.4 is 20.1 Å². The number of halogens is 4. The highest BCUT2D eigenvalue weighted by Crippen LogP contribution is 2.30. The first-order valence-corrected chi connectivity index (χ1v) is 7.31. The molecule has 0 unspecified atom stereocenters. The third-order valence-electron chi connectivity index (χ3n) is 2.48. The molecular formula is C13H18ClF3N2O3S. The van der Waals surface area contributed by atoms with Crippen LogP contribution in [0.4, 0.5) is 23.7 Å². The van der Waals surface area contributed by atoms with E-state index in [1.165, 1.54) is 14.2 Å². The van der Waals surface area contributed by atoms with Gasteiger partial charge in [0.25, 0.3) is 0 Å². The lowest BCUT2D eigenvalue weighted by atomic mass is 10.3. The first kappa shape index (κ1) is 21.5. The predicted molar refractivity (Wildman–Crippen MR) is 86.9 cm³/mol. The van der Waals surface area contributed by atoms with E-state index in [4.69, 9.17) is 9.47 Å². The van der Waals surface area contributed by atoms with E-state index in [-0.39, 0.29) is 42.9 Å². The van der Waals surface area contributed by atoms with Gasteiger partial charge in [0, 0.05) is 36.2 Å². The Hall–Kier alpha value is -1.48. The normalized spacial score (nSPS) is 10.5. The number of ether oxygens (including phenoxy) is 2. The molecular weight excluding hydrogens is 357 g/mol. The molecule has 5 nitrogen and oxygen atoms in total. The summed E-state index contributed by atoms with van der Waals surface area (Å²) >= 11 is -0.106. The number of hydrogen-bond donors (Lipinski definition) is 2. The van der Waals surface area contributed by atoms with Crippen molar-refractivity contribution in [3.05, 3.63) is 18.2 Å². The molecule has 2 amide bonds. The average molecular weight is 375 g/mol. The van der Waals surface area contributed by atoms with Crippen LogP contribution in [0.3, 0.4) is 0 Å². The quantitative estimate of drug-likeness (QED) is 0.711. The summed E-state index contributed by atoms with van der Waals surface area (Å²) in [6.45, 7) is 0.149. The standard InChI is InChI=1S/C13H17F3N2O3S.ClH/c1-20-10-6-9(7-11(8-10)21-2)18-12(19)17-4-3-5-22-13(14,15)16;/h6-8H,3-5H2,1-2H3,(H2,17,18,19);1H. The number of urea groups is 1. The van der Waals surface area contributed by atoms with Crippen LogP contribution in [-0.4, -0.2) is 38.1 Å². The van der Waals surface area contributed by atoms with Crippen molar-refractivity contribution < 1.29 is 27.4 Å². The summed E-state index contributed by atoms with van der Waals surface area (Å²) in [5.74, 6) is 0.920. The molecule has 1 aromatic rings. The van der Waals surface area contributed by atoms with Crippen molar-refractivity contribution in [1.29, 1.82) is 0 Å². The monoisotopic (exact) mass is 374 g/mol.